The third-order valence-electron chi connectivity index (χ3n) is 7.99. The predicted octanol–water partition coefficient (Wildman–Crippen LogP) is 11.7. The second-order valence-electron chi connectivity index (χ2n) is 12.2. The van der Waals surface area contributed by atoms with E-state index in [-0.39, 0.29) is 31.4 Å². The molecule has 0 radical (unpaired) electrons. The SMILES string of the molecule is CCCCCCCCCCCCCCCCCC(=O)O.CCCCCCCCCCCCCCCCCC(=O)O.O.[H-].[H-].[Mg+2]. The molecule has 5 nitrogen and oxygen atoms in total. The van der Waals surface area contributed by atoms with Crippen LogP contribution in [0.4, 0.5) is 0 Å². The van der Waals surface area contributed by atoms with Crippen molar-refractivity contribution in [2.45, 2.75) is 219 Å². The Balaban J connectivity index is -0.000000150. The molecule has 0 saturated heterocycles. The maximum absolute atomic E-state index is 10.3. The molecule has 0 rings (SSSR count). The first-order valence-electron chi connectivity index (χ1n) is 18.0. The molecule has 42 heavy (non-hydrogen) atoms. The van der Waals surface area contributed by atoms with E-state index in [1.165, 1.54) is 167 Å². The summed E-state index contributed by atoms with van der Waals surface area (Å²) in [4.78, 5) is 20.7. The van der Waals surface area contributed by atoms with Gasteiger partial charge in [0.05, 0.1) is 0 Å². The van der Waals surface area contributed by atoms with Crippen molar-refractivity contribution in [3.05, 3.63) is 0 Å². The van der Waals surface area contributed by atoms with Gasteiger partial charge in [-0.2, -0.15) is 0 Å². The number of hydrogen-bond donors (Lipinski definition) is 2. The molecule has 6 heteroatoms. The van der Waals surface area contributed by atoms with Gasteiger partial charge in [-0.15, -0.1) is 0 Å². The topological polar surface area (TPSA) is 106 Å². The van der Waals surface area contributed by atoms with E-state index in [0.717, 1.165) is 25.7 Å². The molecule has 0 saturated carbocycles. The Morgan fingerprint density at radius 2 is 0.500 bits per heavy atom. The molecular formula is C36H76MgO5. The zero-order valence-corrected chi connectivity index (χ0v) is 30.0. The van der Waals surface area contributed by atoms with Crippen LogP contribution in [-0.2, 0) is 9.59 Å². The number of unbranched alkanes of at least 4 members (excludes halogenated alkanes) is 28. The van der Waals surface area contributed by atoms with Crippen LogP contribution < -0.4 is 0 Å². The number of carboxylic acids is 2. The number of rotatable bonds is 32. The van der Waals surface area contributed by atoms with Crippen molar-refractivity contribution >= 4 is 35.0 Å². The van der Waals surface area contributed by atoms with Crippen LogP contribution in [0.1, 0.15) is 222 Å². The van der Waals surface area contributed by atoms with Gasteiger partial charge in [0.15, 0.2) is 0 Å². The summed E-state index contributed by atoms with van der Waals surface area (Å²) >= 11 is 0. The van der Waals surface area contributed by atoms with Gasteiger partial charge in [-0.05, 0) is 12.8 Å². The van der Waals surface area contributed by atoms with E-state index in [0.29, 0.717) is 12.8 Å². The van der Waals surface area contributed by atoms with Crippen molar-refractivity contribution in [1.82, 2.24) is 0 Å². The molecule has 0 spiro atoms. The second-order valence-corrected chi connectivity index (χ2v) is 12.2. The molecule has 0 amide bonds. The Bertz CT molecular complexity index is 469. The number of carboxylic acid groups (broad SMARTS) is 2. The van der Waals surface area contributed by atoms with E-state index >= 15 is 0 Å². The molecule has 0 aliphatic rings. The van der Waals surface area contributed by atoms with Crippen LogP contribution in [0.3, 0.4) is 0 Å². The van der Waals surface area contributed by atoms with Crippen molar-refractivity contribution in [1.29, 1.82) is 0 Å². The summed E-state index contributed by atoms with van der Waals surface area (Å²) in [6, 6.07) is 0. The molecule has 4 N–H and O–H groups in total. The van der Waals surface area contributed by atoms with Gasteiger partial charge in [0, 0.05) is 12.8 Å². The van der Waals surface area contributed by atoms with Gasteiger partial charge >= 0.3 is 35.0 Å². The maximum atomic E-state index is 10.3. The average Bonchev–Trinajstić information content (AvgIpc) is 2.93. The minimum Gasteiger partial charge on any atom is -1.00 e. The smallest absolute Gasteiger partial charge is 1.00 e. The summed E-state index contributed by atoms with van der Waals surface area (Å²) in [7, 11) is 0. The Morgan fingerprint density at radius 3 is 0.643 bits per heavy atom. The van der Waals surface area contributed by atoms with E-state index in [1.54, 1.807) is 0 Å². The fraction of sp³-hybridized carbons (Fsp3) is 0.944. The third kappa shape index (κ3) is 52.3. The summed E-state index contributed by atoms with van der Waals surface area (Å²) in [5.74, 6) is -1.31. The van der Waals surface area contributed by atoms with E-state index in [1.807, 2.05) is 0 Å². The average molecular weight is 613 g/mol. The molecule has 252 valence electrons. The van der Waals surface area contributed by atoms with E-state index < -0.39 is 11.9 Å². The normalized spacial score (nSPS) is 10.3. The third-order valence-corrected chi connectivity index (χ3v) is 7.99. The standard InChI is InChI=1S/2C18H36O2.Mg.H2O.2H/c2*1-2-3-4-5-6-7-8-9-10-11-12-13-14-15-16-17-18(19)20;;;;/h2*2-17H2,1H3,(H,19,20);;1H2;;/q;;+2;;2*-1. The Kier molecular flexibility index (Phi) is 52.2. The monoisotopic (exact) mass is 613 g/mol. The second kappa shape index (κ2) is 45.1. The molecule has 0 aromatic rings. The quantitative estimate of drug-likeness (QED) is 0.0581. The molecule has 0 aromatic heterocycles. The van der Waals surface area contributed by atoms with Crippen molar-refractivity contribution in [3.63, 3.8) is 0 Å². The zero-order valence-electron chi connectivity index (χ0n) is 30.5. The van der Waals surface area contributed by atoms with Gasteiger partial charge in [0.25, 0.3) is 0 Å². The summed E-state index contributed by atoms with van der Waals surface area (Å²) in [5, 5.41) is 17.0. The maximum Gasteiger partial charge on any atom is 2.00 e. The molecule has 0 unspecified atom stereocenters. The fourth-order valence-corrected chi connectivity index (χ4v) is 5.30. The predicted molar refractivity (Wildman–Crippen MR) is 186 cm³/mol. The number of hydrogen-bond acceptors (Lipinski definition) is 2. The van der Waals surface area contributed by atoms with E-state index in [4.69, 9.17) is 10.2 Å². The molecule has 0 bridgehead atoms. The first-order chi connectivity index (χ1) is 19.5. The van der Waals surface area contributed by atoms with Gasteiger partial charge < -0.3 is 18.5 Å². The molecule has 0 aromatic carbocycles. The Labute approximate surface area is 281 Å². The van der Waals surface area contributed by atoms with Crippen LogP contribution in [0.5, 0.6) is 0 Å². The number of carbonyl (C=O) groups is 2. The fourth-order valence-electron chi connectivity index (χ4n) is 5.30. The van der Waals surface area contributed by atoms with Crippen molar-refractivity contribution in [3.8, 4) is 0 Å². The van der Waals surface area contributed by atoms with Crippen LogP contribution >= 0.6 is 0 Å². The van der Waals surface area contributed by atoms with Gasteiger partial charge in [-0.25, -0.2) is 0 Å². The largest absolute Gasteiger partial charge is 2.00 e. The Morgan fingerprint density at radius 1 is 0.357 bits per heavy atom. The van der Waals surface area contributed by atoms with Gasteiger partial charge in [0.2, 0.25) is 0 Å². The minimum atomic E-state index is -0.653. The molecule has 0 atom stereocenters. The minimum absolute atomic E-state index is 0. The van der Waals surface area contributed by atoms with E-state index in [9.17, 15) is 9.59 Å². The van der Waals surface area contributed by atoms with Crippen molar-refractivity contribution in [2.75, 3.05) is 0 Å². The number of aliphatic carboxylic acids is 2. The molecular weight excluding hydrogens is 537 g/mol. The van der Waals surface area contributed by atoms with Gasteiger partial charge in [0.1, 0.15) is 0 Å². The van der Waals surface area contributed by atoms with Crippen LogP contribution in [0.15, 0.2) is 0 Å². The summed E-state index contributed by atoms with van der Waals surface area (Å²) in [6.45, 7) is 4.54. The van der Waals surface area contributed by atoms with Crippen LogP contribution in [-0.4, -0.2) is 50.7 Å². The molecule has 0 heterocycles. The first-order valence-corrected chi connectivity index (χ1v) is 18.0. The molecule has 0 aliphatic carbocycles. The van der Waals surface area contributed by atoms with Crippen molar-refractivity contribution < 1.29 is 28.1 Å². The molecule has 0 aliphatic heterocycles. The Hall–Kier alpha value is -0.334. The van der Waals surface area contributed by atoms with Crippen LogP contribution in [0, 0.1) is 0 Å². The summed E-state index contributed by atoms with van der Waals surface area (Å²) in [5.41, 5.74) is 0. The van der Waals surface area contributed by atoms with Gasteiger partial charge in [-0.1, -0.05) is 194 Å². The first kappa shape index (κ1) is 48.6. The molecule has 0 fully saturated rings. The summed E-state index contributed by atoms with van der Waals surface area (Å²) in [6.07, 6.45) is 40.4. The van der Waals surface area contributed by atoms with Crippen LogP contribution in [0.2, 0.25) is 0 Å². The van der Waals surface area contributed by atoms with E-state index in [2.05, 4.69) is 13.8 Å². The van der Waals surface area contributed by atoms with Gasteiger partial charge in [-0.3, -0.25) is 9.59 Å². The zero-order chi connectivity index (χ0) is 29.8. The van der Waals surface area contributed by atoms with Crippen molar-refractivity contribution in [2.24, 2.45) is 0 Å². The summed E-state index contributed by atoms with van der Waals surface area (Å²) < 4.78 is 0. The van der Waals surface area contributed by atoms with Crippen LogP contribution in [0.25, 0.3) is 0 Å².